The second kappa shape index (κ2) is 11.9. The molecule has 2 aromatic rings. The Hall–Kier alpha value is -1.60. The van der Waals surface area contributed by atoms with Crippen LogP contribution in [0.2, 0.25) is 0 Å². The van der Waals surface area contributed by atoms with E-state index < -0.39 is 0 Å². The van der Waals surface area contributed by atoms with Crippen LogP contribution in [0.15, 0.2) is 84.5 Å². The largest absolute Gasteiger partial charge is 0.227 e. The van der Waals surface area contributed by atoms with E-state index in [4.69, 9.17) is 0 Å². The molecular formula is C23H25Hf-3. The van der Waals surface area contributed by atoms with Crippen molar-refractivity contribution in [1.29, 1.82) is 0 Å². The van der Waals surface area contributed by atoms with Gasteiger partial charge in [0, 0.05) is 25.8 Å². The van der Waals surface area contributed by atoms with Crippen LogP contribution in [0.4, 0.5) is 0 Å². The first-order chi connectivity index (χ1) is 11.3. The summed E-state index contributed by atoms with van der Waals surface area (Å²) in [5, 5.41) is 0. The minimum atomic E-state index is 0. The molecule has 0 saturated heterocycles. The average Bonchev–Trinajstić information content (AvgIpc) is 3.06. The predicted molar refractivity (Wildman–Crippen MR) is 101 cm³/mol. The van der Waals surface area contributed by atoms with E-state index in [2.05, 4.69) is 38.5 Å². The molecule has 0 nitrogen and oxygen atoms in total. The smallest absolute Gasteiger partial charge is 0 e. The van der Waals surface area contributed by atoms with Gasteiger partial charge in [-0.2, -0.15) is 49.2 Å². The average molecular weight is 480 g/mol. The van der Waals surface area contributed by atoms with E-state index in [9.17, 15) is 0 Å². The fraction of sp³-hybridized carbons (Fsp3) is 0.174. The van der Waals surface area contributed by atoms with E-state index in [-0.39, 0.29) is 25.8 Å². The molecule has 2 aromatic carbocycles. The van der Waals surface area contributed by atoms with Crippen LogP contribution in [0.25, 0.3) is 0 Å². The molecular weight excluding hydrogens is 455 g/mol. The second-order valence-corrected chi connectivity index (χ2v) is 5.78. The van der Waals surface area contributed by atoms with Crippen molar-refractivity contribution in [2.75, 3.05) is 0 Å². The number of fused-ring (bicyclic) bond motifs is 1. The SMILES string of the molecule is C1=CCC2CC[CH-]C2=C1.[CH2-]c1ccccc1.[CH2-]c1ccccc1.[Hf]. The fourth-order valence-corrected chi connectivity index (χ4v) is 2.62. The van der Waals surface area contributed by atoms with Gasteiger partial charge in [-0.1, -0.05) is 18.6 Å². The Morgan fingerprint density at radius 2 is 1.38 bits per heavy atom. The van der Waals surface area contributed by atoms with Crippen LogP contribution in [0.3, 0.4) is 0 Å². The molecule has 2 aliphatic carbocycles. The first-order valence-electron chi connectivity index (χ1n) is 8.19. The Labute approximate surface area is 166 Å². The molecule has 24 heavy (non-hydrogen) atoms. The second-order valence-electron chi connectivity index (χ2n) is 5.78. The van der Waals surface area contributed by atoms with Gasteiger partial charge in [-0.3, -0.25) is 0 Å². The van der Waals surface area contributed by atoms with Crippen LogP contribution in [0, 0.1) is 26.2 Å². The minimum absolute atomic E-state index is 0. The van der Waals surface area contributed by atoms with Gasteiger partial charge in [-0.15, -0.1) is 42.8 Å². The zero-order valence-electron chi connectivity index (χ0n) is 14.2. The molecule has 2 aliphatic rings. The summed E-state index contributed by atoms with van der Waals surface area (Å²) in [6.45, 7) is 7.44. The van der Waals surface area contributed by atoms with Crippen molar-refractivity contribution in [3.05, 3.63) is 116 Å². The third kappa shape index (κ3) is 7.79. The van der Waals surface area contributed by atoms with E-state index in [0.717, 1.165) is 17.0 Å². The third-order valence-electron chi connectivity index (χ3n) is 3.90. The maximum atomic E-state index is 3.72. The molecule has 0 bridgehead atoms. The summed E-state index contributed by atoms with van der Waals surface area (Å²) in [5.41, 5.74) is 3.72. The zero-order chi connectivity index (χ0) is 16.3. The molecule has 0 aliphatic heterocycles. The van der Waals surface area contributed by atoms with Crippen LogP contribution < -0.4 is 0 Å². The van der Waals surface area contributed by atoms with Crippen molar-refractivity contribution in [3.63, 3.8) is 0 Å². The molecule has 0 heterocycles. The molecule has 1 unspecified atom stereocenters. The Kier molecular flexibility index (Phi) is 10.1. The molecule has 0 radical (unpaired) electrons. The number of allylic oxidation sites excluding steroid dienone is 4. The van der Waals surface area contributed by atoms with Gasteiger partial charge < -0.3 is 0 Å². The summed E-state index contributed by atoms with van der Waals surface area (Å²) in [6, 6.07) is 19.7. The van der Waals surface area contributed by atoms with E-state index >= 15 is 0 Å². The van der Waals surface area contributed by atoms with E-state index in [1.54, 1.807) is 5.57 Å². The van der Waals surface area contributed by atoms with Gasteiger partial charge in [0.05, 0.1) is 0 Å². The Morgan fingerprint density at radius 3 is 1.79 bits per heavy atom. The number of benzene rings is 2. The summed E-state index contributed by atoms with van der Waals surface area (Å²) in [6.07, 6.45) is 13.0. The van der Waals surface area contributed by atoms with Crippen LogP contribution in [0.1, 0.15) is 30.4 Å². The summed E-state index contributed by atoms with van der Waals surface area (Å²) in [4.78, 5) is 0. The van der Waals surface area contributed by atoms with Gasteiger partial charge in [-0.25, -0.2) is 18.1 Å². The molecule has 124 valence electrons. The quantitative estimate of drug-likeness (QED) is 0.311. The van der Waals surface area contributed by atoms with Crippen molar-refractivity contribution >= 4 is 0 Å². The van der Waals surface area contributed by atoms with Crippen molar-refractivity contribution < 1.29 is 25.8 Å². The third-order valence-corrected chi connectivity index (χ3v) is 3.90. The van der Waals surface area contributed by atoms with Crippen molar-refractivity contribution in [2.45, 2.75) is 19.3 Å². The molecule has 0 amide bonds. The number of hydrogen-bond donors (Lipinski definition) is 0. The van der Waals surface area contributed by atoms with Crippen molar-refractivity contribution in [3.8, 4) is 0 Å². The first-order valence-corrected chi connectivity index (χ1v) is 8.19. The molecule has 1 heteroatoms. The molecule has 0 N–H and O–H groups in total. The Morgan fingerprint density at radius 1 is 0.833 bits per heavy atom. The zero-order valence-corrected chi connectivity index (χ0v) is 17.8. The number of hydrogen-bond acceptors (Lipinski definition) is 0. The normalized spacial score (nSPS) is 16.7. The minimum Gasteiger partial charge on any atom is -0.227 e. The van der Waals surface area contributed by atoms with Gasteiger partial charge in [0.15, 0.2) is 0 Å². The maximum Gasteiger partial charge on any atom is 0 e. The maximum absolute atomic E-state index is 3.72. The van der Waals surface area contributed by atoms with Gasteiger partial charge in [0.2, 0.25) is 0 Å². The summed E-state index contributed by atoms with van der Waals surface area (Å²) in [7, 11) is 0. The van der Waals surface area contributed by atoms with Gasteiger partial charge in [0.1, 0.15) is 0 Å². The van der Waals surface area contributed by atoms with Gasteiger partial charge in [-0.05, 0) is 12.3 Å². The first kappa shape index (κ1) is 20.4. The van der Waals surface area contributed by atoms with Crippen LogP contribution >= 0.6 is 0 Å². The number of rotatable bonds is 0. The summed E-state index contributed by atoms with van der Waals surface area (Å²) >= 11 is 0. The van der Waals surface area contributed by atoms with Crippen LogP contribution in [0.5, 0.6) is 0 Å². The molecule has 0 spiro atoms. The Balaban J connectivity index is 0.000000179. The Bertz CT molecular complexity index is 573. The molecule has 4 rings (SSSR count). The predicted octanol–water partition coefficient (Wildman–Crippen LogP) is 6.22. The van der Waals surface area contributed by atoms with Gasteiger partial charge >= 0.3 is 0 Å². The van der Waals surface area contributed by atoms with Crippen LogP contribution in [-0.4, -0.2) is 0 Å². The topological polar surface area (TPSA) is 0 Å². The molecule has 0 aromatic heterocycles. The summed E-state index contributed by atoms with van der Waals surface area (Å²) in [5.74, 6) is 0.884. The van der Waals surface area contributed by atoms with E-state index in [0.29, 0.717) is 0 Å². The fourth-order valence-electron chi connectivity index (χ4n) is 2.62. The van der Waals surface area contributed by atoms with Gasteiger partial charge in [0.25, 0.3) is 0 Å². The standard InChI is InChI=1S/C9H11.2C7H7.Hf/c1-2-5-9-7-3-6-8(9)4-1;2*1-7-5-3-2-4-6-7;/h1-2,4,6,9H,3,5,7H2;2*2-6H,1H2;/q3*-1;. The molecule has 1 saturated carbocycles. The van der Waals surface area contributed by atoms with Crippen LogP contribution in [-0.2, 0) is 25.8 Å². The van der Waals surface area contributed by atoms with E-state index in [1.165, 1.54) is 19.3 Å². The van der Waals surface area contributed by atoms with E-state index in [1.807, 2.05) is 60.7 Å². The monoisotopic (exact) mass is 481 g/mol. The van der Waals surface area contributed by atoms with Crippen molar-refractivity contribution in [1.82, 2.24) is 0 Å². The van der Waals surface area contributed by atoms with Crippen molar-refractivity contribution in [2.24, 2.45) is 5.92 Å². The molecule has 1 atom stereocenters. The summed E-state index contributed by atoms with van der Waals surface area (Å²) < 4.78 is 0. The molecule has 1 fully saturated rings.